The van der Waals surface area contributed by atoms with Gasteiger partial charge in [0, 0.05) is 5.56 Å². The van der Waals surface area contributed by atoms with Gasteiger partial charge in [-0.05, 0) is 41.9 Å². The summed E-state index contributed by atoms with van der Waals surface area (Å²) in [6.45, 7) is -0.241. The van der Waals surface area contributed by atoms with Gasteiger partial charge in [-0.3, -0.25) is 4.79 Å². The van der Waals surface area contributed by atoms with Gasteiger partial charge in [-0.15, -0.1) is 0 Å². The third-order valence-corrected chi connectivity index (χ3v) is 2.86. The van der Waals surface area contributed by atoms with Crippen molar-refractivity contribution in [2.45, 2.75) is 0 Å². The van der Waals surface area contributed by atoms with E-state index in [2.05, 4.69) is 17.2 Å². The van der Waals surface area contributed by atoms with Crippen LogP contribution in [0.4, 0.5) is 5.69 Å². The largest absolute Gasteiger partial charge is 0.440 e. The van der Waals surface area contributed by atoms with E-state index in [-0.39, 0.29) is 17.6 Å². The minimum atomic E-state index is -0.467. The van der Waals surface area contributed by atoms with E-state index in [1.165, 1.54) is 12.1 Å². The number of rotatable bonds is 2. The minimum Gasteiger partial charge on any atom is -0.440 e. The van der Waals surface area contributed by atoms with E-state index < -0.39 is 5.91 Å². The van der Waals surface area contributed by atoms with Crippen molar-refractivity contribution in [1.29, 1.82) is 0 Å². The predicted molar refractivity (Wildman–Crippen MR) is 77.1 cm³/mol. The number of amides is 1. The van der Waals surface area contributed by atoms with Crippen LogP contribution in [-0.4, -0.2) is 17.6 Å². The maximum absolute atomic E-state index is 11.9. The van der Waals surface area contributed by atoms with Crippen molar-refractivity contribution in [3.63, 3.8) is 0 Å². The van der Waals surface area contributed by atoms with Gasteiger partial charge in [-0.25, -0.2) is 0 Å². The first-order chi connectivity index (χ1) is 9.60. The van der Waals surface area contributed by atoms with Crippen LogP contribution in [0.25, 0.3) is 0 Å². The molecule has 1 heterocycles. The molecule has 0 spiro atoms. The maximum atomic E-state index is 11.9. The van der Waals surface area contributed by atoms with Crippen molar-refractivity contribution in [2.75, 3.05) is 11.9 Å². The Labute approximate surface area is 125 Å². The highest BCUT2D eigenvalue weighted by atomic mass is 35.5. The number of carbonyl (C=O) groups excluding carboxylic acids is 1. The van der Waals surface area contributed by atoms with Crippen LogP contribution in [0, 0.1) is 11.8 Å². The van der Waals surface area contributed by atoms with E-state index in [0.29, 0.717) is 16.3 Å². The van der Waals surface area contributed by atoms with E-state index >= 15 is 0 Å². The number of aliphatic hydroxyl groups excluding tert-OH is 1. The number of furan rings is 1. The first-order valence-corrected chi connectivity index (χ1v) is 6.31. The van der Waals surface area contributed by atoms with Crippen LogP contribution in [0.1, 0.15) is 16.1 Å². The second kappa shape index (κ2) is 6.49. The maximum Gasteiger partial charge on any atom is 0.291 e. The van der Waals surface area contributed by atoms with Gasteiger partial charge in [0.05, 0.1) is 10.7 Å². The van der Waals surface area contributed by atoms with Gasteiger partial charge in [0.15, 0.2) is 11.0 Å². The average Bonchev–Trinajstić information content (AvgIpc) is 2.86. The highest BCUT2D eigenvalue weighted by Gasteiger charge is 2.12. The Balaban J connectivity index is 2.22. The second-order valence-electron chi connectivity index (χ2n) is 3.71. The molecule has 1 amide bonds. The SMILES string of the molecule is O=C(Nc1cc(C#CCO)ccc1Cl)c1ccc(Cl)o1. The fourth-order valence-corrected chi connectivity index (χ4v) is 1.77. The number of benzene rings is 1. The lowest BCUT2D eigenvalue weighted by molar-refractivity contribution is 0.0997. The summed E-state index contributed by atoms with van der Waals surface area (Å²) in [5.41, 5.74) is 1.02. The number of hydrogen-bond acceptors (Lipinski definition) is 3. The Morgan fingerprint density at radius 1 is 1.30 bits per heavy atom. The molecule has 2 N–H and O–H groups in total. The summed E-state index contributed by atoms with van der Waals surface area (Å²) in [5, 5.41) is 11.8. The molecular formula is C14H9Cl2NO3. The summed E-state index contributed by atoms with van der Waals surface area (Å²) >= 11 is 11.6. The molecule has 102 valence electrons. The molecule has 0 radical (unpaired) electrons. The smallest absolute Gasteiger partial charge is 0.291 e. The van der Waals surface area contributed by atoms with E-state index in [0.717, 1.165) is 0 Å². The molecule has 0 aliphatic heterocycles. The zero-order chi connectivity index (χ0) is 14.5. The summed E-state index contributed by atoms with van der Waals surface area (Å²) in [7, 11) is 0. The van der Waals surface area contributed by atoms with Crippen molar-refractivity contribution in [2.24, 2.45) is 0 Å². The summed E-state index contributed by atoms with van der Waals surface area (Å²) in [5.74, 6) is 4.85. The molecule has 0 aliphatic rings. The molecule has 0 aliphatic carbocycles. The van der Waals surface area contributed by atoms with Crippen LogP contribution in [0.15, 0.2) is 34.7 Å². The first-order valence-electron chi connectivity index (χ1n) is 5.56. The first kappa shape index (κ1) is 14.5. The minimum absolute atomic E-state index is 0.0814. The van der Waals surface area contributed by atoms with Crippen molar-refractivity contribution < 1.29 is 14.3 Å². The normalized spacial score (nSPS) is 9.75. The Hall–Kier alpha value is -1.93. The molecule has 0 unspecified atom stereocenters. The molecule has 2 rings (SSSR count). The molecular weight excluding hydrogens is 301 g/mol. The second-order valence-corrected chi connectivity index (χ2v) is 4.49. The van der Waals surface area contributed by atoms with Crippen LogP contribution in [0.5, 0.6) is 0 Å². The molecule has 20 heavy (non-hydrogen) atoms. The molecule has 0 atom stereocenters. The Morgan fingerprint density at radius 2 is 2.10 bits per heavy atom. The van der Waals surface area contributed by atoms with Crippen molar-refractivity contribution in [1.82, 2.24) is 0 Å². The Kier molecular flexibility index (Phi) is 4.70. The van der Waals surface area contributed by atoms with Crippen LogP contribution >= 0.6 is 23.2 Å². The van der Waals surface area contributed by atoms with Crippen molar-refractivity contribution in [3.8, 4) is 11.8 Å². The zero-order valence-electron chi connectivity index (χ0n) is 10.1. The summed E-state index contributed by atoms with van der Waals surface area (Å²) in [6, 6.07) is 7.83. The van der Waals surface area contributed by atoms with Crippen LogP contribution in [0.3, 0.4) is 0 Å². The molecule has 0 saturated carbocycles. The number of halogens is 2. The van der Waals surface area contributed by atoms with Gasteiger partial charge in [-0.1, -0.05) is 23.4 Å². The summed E-state index contributed by atoms with van der Waals surface area (Å²) < 4.78 is 5.00. The molecule has 2 aromatic rings. The van der Waals surface area contributed by atoms with E-state index in [4.69, 9.17) is 32.7 Å². The Bertz CT molecular complexity index is 698. The number of anilines is 1. The highest BCUT2D eigenvalue weighted by Crippen LogP contribution is 2.24. The summed E-state index contributed by atoms with van der Waals surface area (Å²) in [4.78, 5) is 11.9. The number of carbonyl (C=O) groups is 1. The molecule has 1 aromatic heterocycles. The summed E-state index contributed by atoms with van der Waals surface area (Å²) in [6.07, 6.45) is 0. The van der Waals surface area contributed by atoms with E-state index in [1.54, 1.807) is 18.2 Å². The lowest BCUT2D eigenvalue weighted by atomic mass is 10.2. The number of hydrogen-bond donors (Lipinski definition) is 2. The average molecular weight is 310 g/mol. The van der Waals surface area contributed by atoms with Crippen LogP contribution in [-0.2, 0) is 0 Å². The van der Waals surface area contributed by atoms with Gasteiger partial charge in [-0.2, -0.15) is 0 Å². The van der Waals surface area contributed by atoms with Gasteiger partial charge in [0.2, 0.25) is 0 Å². The molecule has 0 fully saturated rings. The van der Waals surface area contributed by atoms with Crippen LogP contribution < -0.4 is 5.32 Å². The van der Waals surface area contributed by atoms with Crippen LogP contribution in [0.2, 0.25) is 10.2 Å². The topological polar surface area (TPSA) is 62.5 Å². The standard InChI is InChI=1S/C14H9Cl2NO3/c15-10-4-3-9(2-1-7-18)8-11(10)17-14(19)12-5-6-13(16)20-12/h3-6,8,18H,7H2,(H,17,19). The molecule has 4 nitrogen and oxygen atoms in total. The van der Waals surface area contributed by atoms with Gasteiger partial charge in [0.25, 0.3) is 5.91 Å². The van der Waals surface area contributed by atoms with Gasteiger partial charge < -0.3 is 14.8 Å². The van der Waals surface area contributed by atoms with E-state index in [1.807, 2.05) is 0 Å². The van der Waals surface area contributed by atoms with Crippen molar-refractivity contribution >= 4 is 34.8 Å². The van der Waals surface area contributed by atoms with Gasteiger partial charge in [0.1, 0.15) is 6.61 Å². The molecule has 1 aromatic carbocycles. The Morgan fingerprint density at radius 3 is 2.75 bits per heavy atom. The lowest BCUT2D eigenvalue weighted by Gasteiger charge is -2.06. The fourth-order valence-electron chi connectivity index (χ4n) is 1.46. The lowest BCUT2D eigenvalue weighted by Crippen LogP contribution is -2.11. The third-order valence-electron chi connectivity index (χ3n) is 2.32. The molecule has 0 bridgehead atoms. The van der Waals surface area contributed by atoms with Crippen molar-refractivity contribution in [3.05, 3.63) is 51.9 Å². The predicted octanol–water partition coefficient (Wildman–Crippen LogP) is 3.18. The monoisotopic (exact) mass is 309 g/mol. The number of aliphatic hydroxyl groups is 1. The van der Waals surface area contributed by atoms with E-state index in [9.17, 15) is 4.79 Å². The molecule has 0 saturated heterocycles. The zero-order valence-corrected chi connectivity index (χ0v) is 11.6. The van der Waals surface area contributed by atoms with Gasteiger partial charge >= 0.3 is 0 Å². The highest BCUT2D eigenvalue weighted by molar-refractivity contribution is 6.34. The number of nitrogens with one attached hydrogen (secondary N) is 1. The molecule has 6 heteroatoms. The fraction of sp³-hybridized carbons (Fsp3) is 0.0714. The quantitative estimate of drug-likeness (QED) is 0.837. The third kappa shape index (κ3) is 3.55.